The molecule has 60 valence electrons. The minimum Gasteiger partial charge on any atom is -0.275 e. The maximum absolute atomic E-state index is 5.27. The third kappa shape index (κ3) is 0.960. The quantitative estimate of drug-likeness (QED) is 0.534. The number of hydrogen-bond donors (Lipinski definition) is 0. The zero-order chi connectivity index (χ0) is 8.55. The van der Waals surface area contributed by atoms with Gasteiger partial charge in [-0.25, -0.2) is 0 Å². The smallest absolute Gasteiger partial charge is 0.0924 e. The predicted molar refractivity (Wildman–Crippen MR) is 50.8 cm³/mol. The lowest BCUT2D eigenvalue weighted by Gasteiger charge is -1.88. The van der Waals surface area contributed by atoms with Gasteiger partial charge >= 0.3 is 0 Å². The highest BCUT2D eigenvalue weighted by Crippen LogP contribution is 2.12. The van der Waals surface area contributed by atoms with Crippen LogP contribution in [0.4, 0.5) is 0 Å². The molecule has 2 rings (SSSR count). The molecule has 1 heterocycles. The first-order chi connectivity index (χ1) is 5.79. The number of aromatic nitrogens is 2. The van der Waals surface area contributed by atoms with E-state index in [0.717, 1.165) is 16.5 Å². The normalized spacial score (nSPS) is 10.0. The van der Waals surface area contributed by atoms with Gasteiger partial charge in [-0.05, 0) is 18.2 Å². The van der Waals surface area contributed by atoms with E-state index in [0.29, 0.717) is 0 Å². The second-order valence-corrected chi connectivity index (χ2v) is 2.72. The van der Waals surface area contributed by atoms with Crippen LogP contribution in [0.15, 0.2) is 24.4 Å². The summed E-state index contributed by atoms with van der Waals surface area (Å²) >= 11 is 0. The molecule has 0 N–H and O–H groups in total. The highest BCUT2D eigenvalue weighted by Gasteiger charge is 1.97. The van der Waals surface area contributed by atoms with Gasteiger partial charge in [0.1, 0.15) is 0 Å². The maximum Gasteiger partial charge on any atom is 0.0924 e. The molecule has 0 bridgehead atoms. The Morgan fingerprint density at radius 1 is 1.58 bits per heavy atom. The summed E-state index contributed by atoms with van der Waals surface area (Å²) in [6.45, 7) is 0. The Morgan fingerprint density at radius 3 is 3.17 bits per heavy atom. The molecule has 0 spiro atoms. The van der Waals surface area contributed by atoms with Crippen molar-refractivity contribution in [3.05, 3.63) is 30.0 Å². The lowest BCUT2D eigenvalue weighted by molar-refractivity contribution is 0.780. The number of rotatable bonds is 0. The highest BCUT2D eigenvalue weighted by atomic mass is 15.2. The molecule has 0 saturated carbocycles. The number of aryl methyl sites for hydroxylation is 1. The molecule has 0 aliphatic carbocycles. The molecule has 12 heavy (non-hydrogen) atoms. The second-order valence-electron chi connectivity index (χ2n) is 2.72. The first kappa shape index (κ1) is 6.93. The molecule has 2 nitrogen and oxygen atoms in total. The van der Waals surface area contributed by atoms with E-state index >= 15 is 0 Å². The zero-order valence-corrected chi connectivity index (χ0v) is 6.78. The fourth-order valence-corrected chi connectivity index (χ4v) is 1.24. The van der Waals surface area contributed by atoms with Crippen LogP contribution < -0.4 is 0 Å². The van der Waals surface area contributed by atoms with Gasteiger partial charge in [0, 0.05) is 25.6 Å². The zero-order valence-electron chi connectivity index (χ0n) is 6.78. The number of nitrogens with zero attached hydrogens (tertiary/aromatic N) is 2. The van der Waals surface area contributed by atoms with Crippen molar-refractivity contribution < 1.29 is 1.43 Å². The summed E-state index contributed by atoms with van der Waals surface area (Å²) < 4.78 is 1.78. The van der Waals surface area contributed by atoms with E-state index in [2.05, 4.69) is 11.0 Å². The van der Waals surface area contributed by atoms with Crippen LogP contribution >= 0.6 is 0 Å². The highest BCUT2D eigenvalue weighted by molar-refractivity contribution is 5.79. The number of hydrogen-bond acceptors (Lipinski definition) is 1. The molecule has 0 saturated heterocycles. The van der Waals surface area contributed by atoms with Crippen LogP contribution in [-0.4, -0.2) is 9.78 Å². The Labute approximate surface area is 72.3 Å². The van der Waals surface area contributed by atoms with Crippen LogP contribution in [0.5, 0.6) is 0 Å². The molecule has 0 fully saturated rings. The first-order valence-corrected chi connectivity index (χ1v) is 3.69. The Morgan fingerprint density at radius 2 is 2.42 bits per heavy atom. The Balaban J connectivity index is 0.000000845. The van der Waals surface area contributed by atoms with Crippen molar-refractivity contribution in [2.75, 3.05) is 0 Å². The molecule has 1 aromatic heterocycles. The van der Waals surface area contributed by atoms with Crippen molar-refractivity contribution in [2.24, 2.45) is 7.05 Å². The van der Waals surface area contributed by atoms with Crippen molar-refractivity contribution in [1.29, 1.82) is 0 Å². The number of benzene rings is 1. The van der Waals surface area contributed by atoms with Crippen LogP contribution in [-0.2, 0) is 7.05 Å². The van der Waals surface area contributed by atoms with E-state index in [1.54, 1.807) is 4.68 Å². The van der Waals surface area contributed by atoms with E-state index in [1.165, 1.54) is 0 Å². The molecule has 0 amide bonds. The SMILES string of the molecule is C#Cc1ccc2nn(C)cc2c1.[HH]. The molecule has 1 aromatic carbocycles. The summed E-state index contributed by atoms with van der Waals surface area (Å²) in [7, 11) is 1.90. The van der Waals surface area contributed by atoms with Gasteiger partial charge in [-0.15, -0.1) is 6.42 Å². The minimum absolute atomic E-state index is 0. The Bertz CT molecular complexity index is 465. The minimum atomic E-state index is 0. The van der Waals surface area contributed by atoms with Crippen LogP contribution in [0.2, 0.25) is 0 Å². The van der Waals surface area contributed by atoms with Crippen LogP contribution in [0.25, 0.3) is 10.9 Å². The maximum atomic E-state index is 5.27. The van der Waals surface area contributed by atoms with Gasteiger partial charge in [0.25, 0.3) is 0 Å². The summed E-state index contributed by atoms with van der Waals surface area (Å²) in [5.74, 6) is 2.59. The molecule has 0 atom stereocenters. The molecule has 0 aliphatic rings. The largest absolute Gasteiger partial charge is 0.275 e. The van der Waals surface area contributed by atoms with Crippen molar-refractivity contribution >= 4 is 10.9 Å². The van der Waals surface area contributed by atoms with Gasteiger partial charge < -0.3 is 0 Å². The molecule has 0 aliphatic heterocycles. The lowest BCUT2D eigenvalue weighted by Crippen LogP contribution is -1.84. The van der Waals surface area contributed by atoms with Crippen molar-refractivity contribution in [3.63, 3.8) is 0 Å². The lowest BCUT2D eigenvalue weighted by atomic mass is 10.2. The fraction of sp³-hybridized carbons (Fsp3) is 0.100. The van der Waals surface area contributed by atoms with Crippen molar-refractivity contribution in [1.82, 2.24) is 9.78 Å². The van der Waals surface area contributed by atoms with Gasteiger partial charge in [-0.1, -0.05) is 5.92 Å². The molecular formula is C10H10N2. The van der Waals surface area contributed by atoms with Gasteiger partial charge in [0.05, 0.1) is 5.52 Å². The molecule has 0 radical (unpaired) electrons. The number of terminal acetylenes is 1. The Hall–Kier alpha value is -1.75. The molecule has 0 unspecified atom stereocenters. The van der Waals surface area contributed by atoms with Crippen molar-refractivity contribution in [3.8, 4) is 12.3 Å². The third-order valence-electron chi connectivity index (χ3n) is 1.79. The van der Waals surface area contributed by atoms with Gasteiger partial charge in [-0.3, -0.25) is 4.68 Å². The summed E-state index contributed by atoms with van der Waals surface area (Å²) in [6, 6.07) is 5.79. The number of fused-ring (bicyclic) bond motifs is 1. The summed E-state index contributed by atoms with van der Waals surface area (Å²) in [4.78, 5) is 0. The summed E-state index contributed by atoms with van der Waals surface area (Å²) in [6.07, 6.45) is 7.22. The van der Waals surface area contributed by atoms with E-state index < -0.39 is 0 Å². The van der Waals surface area contributed by atoms with Crippen LogP contribution in [0.1, 0.15) is 6.99 Å². The summed E-state index contributed by atoms with van der Waals surface area (Å²) in [5.41, 5.74) is 1.88. The molecular weight excluding hydrogens is 148 g/mol. The topological polar surface area (TPSA) is 17.8 Å². The van der Waals surface area contributed by atoms with E-state index in [-0.39, 0.29) is 1.43 Å². The average molecular weight is 158 g/mol. The van der Waals surface area contributed by atoms with Gasteiger partial charge in [0.15, 0.2) is 0 Å². The fourth-order valence-electron chi connectivity index (χ4n) is 1.24. The first-order valence-electron chi connectivity index (χ1n) is 3.69. The molecule has 2 heteroatoms. The second kappa shape index (κ2) is 2.38. The standard InChI is InChI=1S/C10H8N2.H2/c1-3-8-4-5-10-9(6-8)7-12(2)11-10;/h1,4-7H,2H3;1H. The van der Waals surface area contributed by atoms with Crippen molar-refractivity contribution in [2.45, 2.75) is 0 Å². The monoisotopic (exact) mass is 158 g/mol. The van der Waals surface area contributed by atoms with E-state index in [9.17, 15) is 0 Å². The third-order valence-corrected chi connectivity index (χ3v) is 1.79. The Kier molecular flexibility index (Phi) is 1.38. The molecule has 2 aromatic rings. The van der Waals surface area contributed by atoms with Gasteiger partial charge in [0.2, 0.25) is 0 Å². The summed E-state index contributed by atoms with van der Waals surface area (Å²) in [5, 5.41) is 5.33. The van der Waals surface area contributed by atoms with Gasteiger partial charge in [-0.2, -0.15) is 5.10 Å². The predicted octanol–water partition coefficient (Wildman–Crippen LogP) is 1.80. The van der Waals surface area contributed by atoms with Crippen LogP contribution in [0, 0.1) is 12.3 Å². The van der Waals surface area contributed by atoms with Crippen LogP contribution in [0.3, 0.4) is 0 Å². The van der Waals surface area contributed by atoms with E-state index in [4.69, 9.17) is 6.42 Å². The average Bonchev–Trinajstić information content (AvgIpc) is 2.43. The van der Waals surface area contributed by atoms with E-state index in [1.807, 2.05) is 31.4 Å².